The summed E-state index contributed by atoms with van der Waals surface area (Å²) < 4.78 is 0. The number of carbonyl (C=O) groups excluding carboxylic acids is 3. The first kappa shape index (κ1) is 16.3. The molecule has 0 saturated carbocycles. The molecule has 0 bridgehead atoms. The summed E-state index contributed by atoms with van der Waals surface area (Å²) in [7, 11) is 0. The monoisotopic (exact) mass is 315 g/mol. The van der Waals surface area contributed by atoms with Crippen LogP contribution in [0.3, 0.4) is 0 Å². The second kappa shape index (κ2) is 6.61. The van der Waals surface area contributed by atoms with E-state index in [1.54, 1.807) is 0 Å². The number of rotatable bonds is 6. The van der Waals surface area contributed by atoms with Gasteiger partial charge in [-0.05, 0) is 0 Å². The number of amides is 3. The van der Waals surface area contributed by atoms with Gasteiger partial charge in [-0.25, -0.2) is 4.98 Å². The lowest BCUT2D eigenvalue weighted by molar-refractivity contribution is -0.385. The molecular formula is C10H10ClN5O5. The smallest absolute Gasteiger partial charge is 0.288 e. The summed E-state index contributed by atoms with van der Waals surface area (Å²) in [5, 5.41) is 10.3. The van der Waals surface area contributed by atoms with E-state index in [0.29, 0.717) is 0 Å². The third-order valence-corrected chi connectivity index (χ3v) is 2.55. The van der Waals surface area contributed by atoms with Crippen molar-refractivity contribution in [2.24, 2.45) is 11.5 Å². The number of primary amides is 2. The van der Waals surface area contributed by atoms with Crippen LogP contribution < -0.4 is 11.5 Å². The van der Waals surface area contributed by atoms with E-state index in [-0.39, 0.29) is 10.7 Å². The zero-order valence-corrected chi connectivity index (χ0v) is 11.2. The fourth-order valence-corrected chi connectivity index (χ4v) is 1.62. The highest BCUT2D eigenvalue weighted by Crippen LogP contribution is 2.20. The Kier molecular flexibility index (Phi) is 5.13. The van der Waals surface area contributed by atoms with Gasteiger partial charge < -0.3 is 16.4 Å². The molecule has 0 saturated heterocycles. The Morgan fingerprint density at radius 2 is 1.81 bits per heavy atom. The Bertz CT molecular complexity index is 604. The first-order chi connectivity index (χ1) is 9.72. The molecular weight excluding hydrogens is 306 g/mol. The lowest BCUT2D eigenvalue weighted by Gasteiger charge is -2.19. The Morgan fingerprint density at radius 1 is 1.29 bits per heavy atom. The number of aromatic nitrogens is 1. The summed E-state index contributed by atoms with van der Waals surface area (Å²) in [6.07, 6.45) is 0.867. The third-order valence-electron chi connectivity index (χ3n) is 2.25. The molecule has 0 aromatic carbocycles. The predicted molar refractivity (Wildman–Crippen MR) is 70.2 cm³/mol. The van der Waals surface area contributed by atoms with Crippen molar-refractivity contribution in [3.63, 3.8) is 0 Å². The maximum atomic E-state index is 12.2. The van der Waals surface area contributed by atoms with Gasteiger partial charge in [0.1, 0.15) is 24.4 Å². The van der Waals surface area contributed by atoms with Gasteiger partial charge in [-0.15, -0.1) is 0 Å². The van der Waals surface area contributed by atoms with Crippen molar-refractivity contribution in [3.8, 4) is 0 Å². The lowest BCUT2D eigenvalue weighted by atomic mass is 10.2. The van der Waals surface area contributed by atoms with Crippen LogP contribution in [0.25, 0.3) is 0 Å². The summed E-state index contributed by atoms with van der Waals surface area (Å²) in [6.45, 7) is -1.19. The molecule has 10 nitrogen and oxygen atoms in total. The molecule has 1 rings (SSSR count). The van der Waals surface area contributed by atoms with Crippen LogP contribution in [-0.4, -0.2) is 45.6 Å². The molecule has 4 N–H and O–H groups in total. The number of nitrogens with two attached hydrogens (primary N) is 2. The van der Waals surface area contributed by atoms with E-state index in [2.05, 4.69) is 4.98 Å². The van der Waals surface area contributed by atoms with Gasteiger partial charge in [0.15, 0.2) is 0 Å². The molecule has 112 valence electrons. The zero-order valence-electron chi connectivity index (χ0n) is 10.5. The molecule has 21 heavy (non-hydrogen) atoms. The van der Waals surface area contributed by atoms with Crippen LogP contribution in [-0.2, 0) is 9.59 Å². The van der Waals surface area contributed by atoms with Gasteiger partial charge in [-0.3, -0.25) is 24.5 Å². The van der Waals surface area contributed by atoms with Crippen molar-refractivity contribution in [2.75, 3.05) is 13.1 Å². The average Bonchev–Trinajstić information content (AvgIpc) is 2.36. The highest BCUT2D eigenvalue weighted by molar-refractivity contribution is 6.32. The van der Waals surface area contributed by atoms with Gasteiger partial charge in [0.2, 0.25) is 11.8 Å². The van der Waals surface area contributed by atoms with E-state index < -0.39 is 41.4 Å². The quantitative estimate of drug-likeness (QED) is 0.390. The number of pyridine rings is 1. The normalized spacial score (nSPS) is 9.95. The second-order valence-electron chi connectivity index (χ2n) is 3.88. The first-order valence-corrected chi connectivity index (χ1v) is 5.76. The van der Waals surface area contributed by atoms with Crippen molar-refractivity contribution in [1.82, 2.24) is 9.88 Å². The summed E-state index contributed by atoms with van der Waals surface area (Å²) in [6, 6.07) is 0.882. The molecule has 0 aliphatic carbocycles. The van der Waals surface area contributed by atoms with Crippen molar-refractivity contribution >= 4 is 35.0 Å². The molecule has 0 fully saturated rings. The Hall–Kier alpha value is -2.75. The summed E-state index contributed by atoms with van der Waals surface area (Å²) in [5.74, 6) is -2.70. The van der Waals surface area contributed by atoms with E-state index in [9.17, 15) is 24.5 Å². The van der Waals surface area contributed by atoms with E-state index in [0.717, 1.165) is 17.2 Å². The van der Waals surface area contributed by atoms with Crippen molar-refractivity contribution in [2.45, 2.75) is 0 Å². The first-order valence-electron chi connectivity index (χ1n) is 5.38. The van der Waals surface area contributed by atoms with Crippen molar-refractivity contribution in [1.29, 1.82) is 0 Å². The van der Waals surface area contributed by atoms with E-state index >= 15 is 0 Å². The minimum atomic E-state index is -0.922. The SMILES string of the molecule is NC(=O)CN(CC(N)=O)C(=O)c1cc([N+](=O)[O-])cnc1Cl. The van der Waals surface area contributed by atoms with E-state index in [4.69, 9.17) is 23.1 Å². The minimum absolute atomic E-state index is 0.315. The molecule has 0 aliphatic rings. The maximum absolute atomic E-state index is 12.2. The Morgan fingerprint density at radius 3 is 2.24 bits per heavy atom. The molecule has 11 heteroatoms. The van der Waals surface area contributed by atoms with Crippen LogP contribution in [0.1, 0.15) is 10.4 Å². The largest absolute Gasteiger partial charge is 0.368 e. The molecule has 0 unspecified atom stereocenters. The highest BCUT2D eigenvalue weighted by Gasteiger charge is 2.24. The van der Waals surface area contributed by atoms with Crippen LogP contribution >= 0.6 is 11.6 Å². The predicted octanol–water partition coefficient (Wildman–Crippen LogP) is -0.944. The number of nitro groups is 1. The van der Waals surface area contributed by atoms with Gasteiger partial charge in [-0.2, -0.15) is 0 Å². The number of hydrogen-bond donors (Lipinski definition) is 2. The zero-order chi connectivity index (χ0) is 16.2. The number of halogens is 1. The van der Waals surface area contributed by atoms with Gasteiger partial charge >= 0.3 is 0 Å². The van der Waals surface area contributed by atoms with Gasteiger partial charge in [0.05, 0.1) is 10.5 Å². The standard InChI is InChI=1S/C10H10ClN5O5/c11-9-6(1-5(2-14-9)16(20)21)10(19)15(3-7(12)17)4-8(13)18/h1-2H,3-4H2,(H2,12,17)(H2,13,18). The summed E-state index contributed by atoms with van der Waals surface area (Å²) in [5.41, 5.74) is 9.11. The number of carbonyl (C=O) groups is 3. The van der Waals surface area contributed by atoms with E-state index in [1.807, 2.05) is 0 Å². The Balaban J connectivity index is 3.18. The van der Waals surface area contributed by atoms with Crippen LogP contribution in [0.4, 0.5) is 5.69 Å². The molecule has 0 spiro atoms. The van der Waals surface area contributed by atoms with Gasteiger partial charge in [0.25, 0.3) is 11.6 Å². The summed E-state index contributed by atoms with van der Waals surface area (Å²) >= 11 is 5.70. The molecule has 3 amide bonds. The van der Waals surface area contributed by atoms with Crippen LogP contribution in [0.15, 0.2) is 12.3 Å². The maximum Gasteiger partial charge on any atom is 0.288 e. The third kappa shape index (κ3) is 4.38. The van der Waals surface area contributed by atoms with Crippen LogP contribution in [0.5, 0.6) is 0 Å². The van der Waals surface area contributed by atoms with Crippen LogP contribution in [0.2, 0.25) is 5.15 Å². The lowest BCUT2D eigenvalue weighted by Crippen LogP contribution is -2.43. The fraction of sp³-hybridized carbons (Fsp3) is 0.200. The summed E-state index contributed by atoms with van der Waals surface area (Å²) in [4.78, 5) is 48.1. The fourth-order valence-electron chi connectivity index (χ4n) is 1.43. The molecule has 1 aromatic rings. The minimum Gasteiger partial charge on any atom is -0.368 e. The average molecular weight is 316 g/mol. The van der Waals surface area contributed by atoms with Crippen molar-refractivity contribution < 1.29 is 19.3 Å². The van der Waals surface area contributed by atoms with Crippen LogP contribution in [0, 0.1) is 10.1 Å². The second-order valence-corrected chi connectivity index (χ2v) is 4.24. The van der Waals surface area contributed by atoms with Gasteiger partial charge in [-0.1, -0.05) is 11.6 Å². The molecule has 1 heterocycles. The number of nitrogens with zero attached hydrogens (tertiary/aromatic N) is 3. The van der Waals surface area contributed by atoms with E-state index in [1.165, 1.54) is 0 Å². The van der Waals surface area contributed by atoms with Gasteiger partial charge in [0, 0.05) is 6.07 Å². The molecule has 0 radical (unpaired) electrons. The molecule has 0 aliphatic heterocycles. The van der Waals surface area contributed by atoms with Crippen molar-refractivity contribution in [3.05, 3.63) is 33.1 Å². The highest BCUT2D eigenvalue weighted by atomic mass is 35.5. The topological polar surface area (TPSA) is 163 Å². The Labute approximate surface area is 122 Å². The molecule has 0 atom stereocenters. The molecule has 1 aromatic heterocycles. The number of hydrogen-bond acceptors (Lipinski definition) is 6.